The molecule has 0 spiro atoms. The summed E-state index contributed by atoms with van der Waals surface area (Å²) in [6.45, 7) is 2.11. The summed E-state index contributed by atoms with van der Waals surface area (Å²) >= 11 is 3.57. The van der Waals surface area contributed by atoms with E-state index in [9.17, 15) is 0 Å². The lowest BCUT2D eigenvalue weighted by atomic mass is 10.0. The van der Waals surface area contributed by atoms with Crippen molar-refractivity contribution >= 4 is 15.9 Å². The van der Waals surface area contributed by atoms with Gasteiger partial charge in [-0.3, -0.25) is 0 Å². The lowest BCUT2D eigenvalue weighted by Gasteiger charge is -2.04. The Labute approximate surface area is 99.1 Å². The topological polar surface area (TPSA) is 0 Å². The number of aryl methyl sites for hydroxylation is 1. The number of benzene rings is 2. The van der Waals surface area contributed by atoms with Crippen molar-refractivity contribution in [2.75, 3.05) is 0 Å². The summed E-state index contributed by atoms with van der Waals surface area (Å²) in [5.74, 6) is 0. The molecule has 0 unspecified atom stereocenters. The molecule has 0 aliphatic heterocycles. The maximum atomic E-state index is 3.57. The van der Waals surface area contributed by atoms with Gasteiger partial charge in [0.15, 0.2) is 0 Å². The van der Waals surface area contributed by atoms with E-state index in [-0.39, 0.29) is 0 Å². The Morgan fingerprint density at radius 1 is 0.933 bits per heavy atom. The van der Waals surface area contributed by atoms with E-state index in [4.69, 9.17) is 0 Å². The molecule has 0 aromatic heterocycles. The Bertz CT molecular complexity index is 443. The van der Waals surface area contributed by atoms with Gasteiger partial charge in [-0.05, 0) is 30.5 Å². The van der Waals surface area contributed by atoms with E-state index >= 15 is 0 Å². The molecule has 0 radical (unpaired) electrons. The molecule has 0 aliphatic carbocycles. The fourth-order valence-corrected chi connectivity index (χ4v) is 1.99. The van der Waals surface area contributed by atoms with Crippen LogP contribution in [0.15, 0.2) is 53.0 Å². The van der Waals surface area contributed by atoms with Crippen LogP contribution in [-0.2, 0) is 6.42 Å². The molecule has 76 valence electrons. The van der Waals surface area contributed by atoms with Gasteiger partial charge in [0.05, 0.1) is 0 Å². The van der Waals surface area contributed by atoms with E-state index in [2.05, 4.69) is 65.3 Å². The Kier molecular flexibility index (Phi) is 3.22. The molecule has 2 aromatic carbocycles. The zero-order valence-corrected chi connectivity index (χ0v) is 10.3. The van der Waals surface area contributed by atoms with Gasteiger partial charge < -0.3 is 0 Å². The molecule has 0 aliphatic rings. The van der Waals surface area contributed by atoms with Crippen LogP contribution in [0, 0.1) is 6.92 Å². The third kappa shape index (κ3) is 2.69. The largest absolute Gasteiger partial charge is 0.0619 e. The van der Waals surface area contributed by atoms with Crippen molar-refractivity contribution < 1.29 is 0 Å². The predicted octanol–water partition coefficient (Wildman–Crippen LogP) is 4.35. The zero-order chi connectivity index (χ0) is 10.7. The van der Waals surface area contributed by atoms with E-state index in [0.29, 0.717) is 0 Å². The molecule has 0 saturated heterocycles. The first-order valence-corrected chi connectivity index (χ1v) is 5.84. The Hall–Kier alpha value is -1.08. The molecule has 2 aromatic rings. The van der Waals surface area contributed by atoms with E-state index in [1.165, 1.54) is 21.2 Å². The lowest BCUT2D eigenvalue weighted by Crippen LogP contribution is -1.89. The molecule has 0 nitrogen and oxygen atoms in total. The fourth-order valence-electron chi connectivity index (χ4n) is 1.57. The Morgan fingerprint density at radius 2 is 1.60 bits per heavy atom. The predicted molar refractivity (Wildman–Crippen MR) is 68.1 cm³/mol. The smallest absolute Gasteiger partial charge is 0.0210 e. The van der Waals surface area contributed by atoms with Crippen molar-refractivity contribution in [1.82, 2.24) is 0 Å². The molecule has 0 bridgehead atoms. The highest BCUT2D eigenvalue weighted by Gasteiger charge is 1.99. The minimum atomic E-state index is 0.988. The minimum absolute atomic E-state index is 0.988. The van der Waals surface area contributed by atoms with Gasteiger partial charge in [0.1, 0.15) is 0 Å². The van der Waals surface area contributed by atoms with Crippen molar-refractivity contribution in [3.8, 4) is 0 Å². The molecular weight excluding hydrogens is 248 g/mol. The normalized spacial score (nSPS) is 10.3. The van der Waals surface area contributed by atoms with Gasteiger partial charge in [-0.15, -0.1) is 0 Å². The molecule has 0 fully saturated rings. The van der Waals surface area contributed by atoms with E-state index in [1.54, 1.807) is 0 Å². The molecule has 15 heavy (non-hydrogen) atoms. The standard InChI is InChI=1S/C14H13Br/c1-11-6-8-12(9-7-11)10-13-4-2-3-5-14(13)15/h2-9H,10H2,1H3. The summed E-state index contributed by atoms with van der Waals surface area (Å²) in [5.41, 5.74) is 4.00. The molecule has 0 N–H and O–H groups in total. The maximum Gasteiger partial charge on any atom is 0.0210 e. The summed E-state index contributed by atoms with van der Waals surface area (Å²) in [6, 6.07) is 17.1. The van der Waals surface area contributed by atoms with Crippen LogP contribution in [0.3, 0.4) is 0 Å². The van der Waals surface area contributed by atoms with Gasteiger partial charge in [0.25, 0.3) is 0 Å². The first kappa shape index (κ1) is 10.4. The second-order valence-corrected chi connectivity index (χ2v) is 4.61. The van der Waals surface area contributed by atoms with Crippen LogP contribution < -0.4 is 0 Å². The van der Waals surface area contributed by atoms with Gasteiger partial charge in [-0.2, -0.15) is 0 Å². The van der Waals surface area contributed by atoms with Gasteiger partial charge >= 0.3 is 0 Å². The summed E-state index contributed by atoms with van der Waals surface area (Å²) in [6.07, 6.45) is 0.988. The van der Waals surface area contributed by atoms with Crippen LogP contribution in [-0.4, -0.2) is 0 Å². The molecule has 0 atom stereocenters. The Morgan fingerprint density at radius 3 is 2.27 bits per heavy atom. The number of halogens is 1. The van der Waals surface area contributed by atoms with Crippen LogP contribution in [0.4, 0.5) is 0 Å². The van der Waals surface area contributed by atoms with Gasteiger partial charge in [0, 0.05) is 4.47 Å². The van der Waals surface area contributed by atoms with Crippen LogP contribution in [0.2, 0.25) is 0 Å². The van der Waals surface area contributed by atoms with E-state index < -0.39 is 0 Å². The molecule has 1 heteroatoms. The highest BCUT2D eigenvalue weighted by molar-refractivity contribution is 9.10. The second-order valence-electron chi connectivity index (χ2n) is 3.75. The number of hydrogen-bond acceptors (Lipinski definition) is 0. The molecule has 0 heterocycles. The highest BCUT2D eigenvalue weighted by Crippen LogP contribution is 2.19. The van der Waals surface area contributed by atoms with E-state index in [0.717, 1.165) is 6.42 Å². The third-order valence-electron chi connectivity index (χ3n) is 2.47. The van der Waals surface area contributed by atoms with Crippen molar-refractivity contribution in [2.24, 2.45) is 0 Å². The number of hydrogen-bond donors (Lipinski definition) is 0. The minimum Gasteiger partial charge on any atom is -0.0619 e. The van der Waals surface area contributed by atoms with Crippen LogP contribution in [0.1, 0.15) is 16.7 Å². The van der Waals surface area contributed by atoms with Gasteiger partial charge in [-0.1, -0.05) is 64.0 Å². The molecule has 2 rings (SSSR count). The van der Waals surface area contributed by atoms with Crippen molar-refractivity contribution in [1.29, 1.82) is 0 Å². The van der Waals surface area contributed by atoms with Crippen LogP contribution >= 0.6 is 15.9 Å². The summed E-state index contributed by atoms with van der Waals surface area (Å²) in [7, 11) is 0. The first-order valence-electron chi connectivity index (χ1n) is 5.04. The summed E-state index contributed by atoms with van der Waals surface area (Å²) < 4.78 is 1.19. The average Bonchev–Trinajstić information content (AvgIpc) is 2.25. The van der Waals surface area contributed by atoms with E-state index in [1.807, 2.05) is 6.07 Å². The lowest BCUT2D eigenvalue weighted by molar-refractivity contribution is 1.17. The Balaban J connectivity index is 2.22. The summed E-state index contributed by atoms with van der Waals surface area (Å²) in [4.78, 5) is 0. The quantitative estimate of drug-likeness (QED) is 0.754. The van der Waals surface area contributed by atoms with Gasteiger partial charge in [0.2, 0.25) is 0 Å². The average molecular weight is 261 g/mol. The van der Waals surface area contributed by atoms with Gasteiger partial charge in [-0.25, -0.2) is 0 Å². The van der Waals surface area contributed by atoms with Crippen molar-refractivity contribution in [3.63, 3.8) is 0 Å². The molecule has 0 saturated carbocycles. The molecule has 0 amide bonds. The van der Waals surface area contributed by atoms with Crippen LogP contribution in [0.25, 0.3) is 0 Å². The fraction of sp³-hybridized carbons (Fsp3) is 0.143. The number of rotatable bonds is 2. The summed E-state index contributed by atoms with van der Waals surface area (Å²) in [5, 5.41) is 0. The maximum absolute atomic E-state index is 3.57. The zero-order valence-electron chi connectivity index (χ0n) is 8.70. The van der Waals surface area contributed by atoms with Crippen LogP contribution in [0.5, 0.6) is 0 Å². The van der Waals surface area contributed by atoms with Crippen molar-refractivity contribution in [2.45, 2.75) is 13.3 Å². The SMILES string of the molecule is Cc1ccc(Cc2ccccc2Br)cc1. The van der Waals surface area contributed by atoms with Crippen molar-refractivity contribution in [3.05, 3.63) is 69.7 Å². The molecular formula is C14H13Br. The monoisotopic (exact) mass is 260 g/mol. The third-order valence-corrected chi connectivity index (χ3v) is 3.25. The second kappa shape index (κ2) is 4.63. The highest BCUT2D eigenvalue weighted by atomic mass is 79.9. The first-order chi connectivity index (χ1) is 7.25.